The molecule has 0 bridgehead atoms. The maximum atomic E-state index is 5.35. The number of methoxy groups -OCH3 is 3. The Hall–Kier alpha value is -2.17. The molecule has 5 nitrogen and oxygen atoms in total. The zero-order valence-corrected chi connectivity index (χ0v) is 13.0. The first kappa shape index (κ1) is 15.2. The van der Waals surface area contributed by atoms with Gasteiger partial charge in [-0.25, -0.2) is 0 Å². The second kappa shape index (κ2) is 7.02. The molecule has 0 spiro atoms. The average molecular weight is 290 g/mol. The molecule has 1 aromatic carbocycles. The molecule has 0 fully saturated rings. The number of benzene rings is 1. The summed E-state index contributed by atoms with van der Waals surface area (Å²) in [5.41, 5.74) is 0.978. The average Bonchev–Trinajstić information content (AvgIpc) is 2.52. The van der Waals surface area contributed by atoms with E-state index in [1.54, 1.807) is 21.3 Å². The molecule has 0 saturated heterocycles. The zero-order chi connectivity index (χ0) is 15.2. The van der Waals surface area contributed by atoms with E-state index in [0.29, 0.717) is 17.2 Å². The van der Waals surface area contributed by atoms with Crippen LogP contribution in [0.1, 0.15) is 12.0 Å². The van der Waals surface area contributed by atoms with E-state index in [-0.39, 0.29) is 0 Å². The monoisotopic (exact) mass is 290 g/mol. The molecule has 0 aliphatic carbocycles. The van der Waals surface area contributed by atoms with E-state index < -0.39 is 0 Å². The first-order valence-corrected chi connectivity index (χ1v) is 6.93. The van der Waals surface area contributed by atoms with Gasteiger partial charge in [0, 0.05) is 20.1 Å². The third kappa shape index (κ3) is 3.48. The Morgan fingerprint density at radius 1 is 1.05 bits per heavy atom. The van der Waals surface area contributed by atoms with E-state index in [0.717, 1.165) is 30.9 Å². The van der Waals surface area contributed by atoms with Crippen LogP contribution in [-0.4, -0.2) is 52.2 Å². The Kier molecular flexibility index (Phi) is 5.09. The summed E-state index contributed by atoms with van der Waals surface area (Å²) in [6, 6.07) is 3.84. The van der Waals surface area contributed by atoms with Gasteiger partial charge in [0.25, 0.3) is 0 Å². The van der Waals surface area contributed by atoms with Crippen LogP contribution in [0.2, 0.25) is 0 Å². The van der Waals surface area contributed by atoms with Crippen LogP contribution < -0.4 is 14.2 Å². The predicted octanol–water partition coefficient (Wildman–Crippen LogP) is 2.46. The molecule has 0 aromatic heterocycles. The highest BCUT2D eigenvalue weighted by Gasteiger charge is 2.12. The standard InChI is InChI=1S/C16H22N2O3/c1-18-9-5-8-17-15(18)7-6-12-10-13(19-2)16(21-4)14(11-12)20-3/h6-7,10-11H,5,8-9H2,1-4H3/b7-6+. The first-order valence-electron chi connectivity index (χ1n) is 6.93. The normalized spacial score (nSPS) is 15.0. The molecule has 0 atom stereocenters. The number of nitrogens with zero attached hydrogens (tertiary/aromatic N) is 2. The van der Waals surface area contributed by atoms with Crippen LogP contribution in [0.25, 0.3) is 6.08 Å². The molecule has 1 heterocycles. The van der Waals surface area contributed by atoms with Crippen molar-refractivity contribution in [1.29, 1.82) is 0 Å². The van der Waals surface area contributed by atoms with Gasteiger partial charge < -0.3 is 19.1 Å². The van der Waals surface area contributed by atoms with Crippen molar-refractivity contribution in [3.05, 3.63) is 23.8 Å². The van der Waals surface area contributed by atoms with Gasteiger partial charge >= 0.3 is 0 Å². The van der Waals surface area contributed by atoms with Crippen LogP contribution >= 0.6 is 0 Å². The van der Waals surface area contributed by atoms with Gasteiger partial charge in [0.05, 0.1) is 21.3 Å². The number of hydrogen-bond donors (Lipinski definition) is 0. The molecule has 114 valence electrons. The summed E-state index contributed by atoms with van der Waals surface area (Å²) in [7, 11) is 6.88. The summed E-state index contributed by atoms with van der Waals surface area (Å²) < 4.78 is 16.0. The van der Waals surface area contributed by atoms with Crippen molar-refractivity contribution in [2.24, 2.45) is 4.99 Å². The molecule has 1 aliphatic rings. The molecular formula is C16H22N2O3. The highest BCUT2D eigenvalue weighted by molar-refractivity contribution is 5.96. The maximum absolute atomic E-state index is 5.35. The van der Waals surface area contributed by atoms with Crippen LogP contribution in [0.5, 0.6) is 17.2 Å². The van der Waals surface area contributed by atoms with E-state index in [1.807, 2.05) is 24.3 Å². The van der Waals surface area contributed by atoms with Crippen molar-refractivity contribution in [2.75, 3.05) is 41.5 Å². The lowest BCUT2D eigenvalue weighted by Gasteiger charge is -2.22. The molecule has 0 amide bonds. The number of likely N-dealkylation sites (N-methyl/N-ethyl adjacent to an activating group) is 1. The predicted molar refractivity (Wildman–Crippen MR) is 84.7 cm³/mol. The fourth-order valence-corrected chi connectivity index (χ4v) is 2.29. The largest absolute Gasteiger partial charge is 0.493 e. The Balaban J connectivity index is 2.29. The summed E-state index contributed by atoms with van der Waals surface area (Å²) in [5.74, 6) is 2.89. The third-order valence-electron chi connectivity index (χ3n) is 3.43. The number of amidine groups is 1. The van der Waals surface area contributed by atoms with Crippen LogP contribution in [-0.2, 0) is 0 Å². The quantitative estimate of drug-likeness (QED) is 0.835. The van der Waals surface area contributed by atoms with Crippen LogP contribution in [0.3, 0.4) is 0 Å². The second-order valence-electron chi connectivity index (χ2n) is 4.81. The minimum absolute atomic E-state index is 0.601. The summed E-state index contributed by atoms with van der Waals surface area (Å²) in [6.45, 7) is 1.93. The third-order valence-corrected chi connectivity index (χ3v) is 3.43. The summed E-state index contributed by atoms with van der Waals surface area (Å²) in [5, 5.41) is 0. The number of hydrogen-bond acceptors (Lipinski definition) is 5. The fourth-order valence-electron chi connectivity index (χ4n) is 2.29. The van der Waals surface area contributed by atoms with Gasteiger partial charge in [-0.15, -0.1) is 0 Å². The summed E-state index contributed by atoms with van der Waals surface area (Å²) in [4.78, 5) is 6.66. The molecule has 0 N–H and O–H groups in total. The minimum atomic E-state index is 0.601. The van der Waals surface area contributed by atoms with E-state index in [4.69, 9.17) is 14.2 Å². The maximum Gasteiger partial charge on any atom is 0.203 e. The van der Waals surface area contributed by atoms with Crippen molar-refractivity contribution in [3.63, 3.8) is 0 Å². The van der Waals surface area contributed by atoms with Crippen LogP contribution in [0.4, 0.5) is 0 Å². The van der Waals surface area contributed by atoms with Gasteiger partial charge in [-0.1, -0.05) is 6.08 Å². The Labute approximate surface area is 125 Å². The van der Waals surface area contributed by atoms with E-state index in [2.05, 4.69) is 16.9 Å². The van der Waals surface area contributed by atoms with Gasteiger partial charge in [0.15, 0.2) is 11.5 Å². The zero-order valence-electron chi connectivity index (χ0n) is 13.0. The van der Waals surface area contributed by atoms with E-state index in [1.165, 1.54) is 0 Å². The summed E-state index contributed by atoms with van der Waals surface area (Å²) >= 11 is 0. The lowest BCUT2D eigenvalue weighted by atomic mass is 10.1. The number of ether oxygens (including phenoxy) is 3. The van der Waals surface area contributed by atoms with E-state index >= 15 is 0 Å². The van der Waals surface area contributed by atoms with Crippen LogP contribution in [0, 0.1) is 0 Å². The molecule has 5 heteroatoms. The Morgan fingerprint density at radius 3 is 2.24 bits per heavy atom. The molecule has 21 heavy (non-hydrogen) atoms. The molecule has 0 saturated carbocycles. The fraction of sp³-hybridized carbons (Fsp3) is 0.438. The summed E-state index contributed by atoms with van der Waals surface area (Å²) in [6.07, 6.45) is 5.13. The van der Waals surface area contributed by atoms with Gasteiger partial charge in [-0.05, 0) is 30.2 Å². The van der Waals surface area contributed by atoms with Crippen molar-refractivity contribution >= 4 is 11.9 Å². The Bertz CT molecular complexity index is 527. The highest BCUT2D eigenvalue weighted by atomic mass is 16.5. The highest BCUT2D eigenvalue weighted by Crippen LogP contribution is 2.38. The molecule has 2 rings (SSSR count). The number of aliphatic imine (C=N–C) groups is 1. The minimum Gasteiger partial charge on any atom is -0.493 e. The first-order chi connectivity index (χ1) is 10.2. The SMILES string of the molecule is COc1cc(/C=C/C2=NCCCN2C)cc(OC)c1OC. The van der Waals surface area contributed by atoms with Crippen LogP contribution in [0.15, 0.2) is 23.2 Å². The van der Waals surface area contributed by atoms with E-state index in [9.17, 15) is 0 Å². The van der Waals surface area contributed by atoms with Crippen molar-refractivity contribution in [3.8, 4) is 17.2 Å². The van der Waals surface area contributed by atoms with Gasteiger partial charge in [-0.3, -0.25) is 4.99 Å². The topological polar surface area (TPSA) is 43.3 Å². The second-order valence-corrected chi connectivity index (χ2v) is 4.81. The molecular weight excluding hydrogens is 268 g/mol. The van der Waals surface area contributed by atoms with Crippen molar-refractivity contribution in [1.82, 2.24) is 4.90 Å². The molecule has 0 unspecified atom stereocenters. The van der Waals surface area contributed by atoms with Gasteiger partial charge in [-0.2, -0.15) is 0 Å². The molecule has 0 radical (unpaired) electrons. The van der Waals surface area contributed by atoms with Gasteiger partial charge in [0.1, 0.15) is 5.84 Å². The van der Waals surface area contributed by atoms with Crippen molar-refractivity contribution in [2.45, 2.75) is 6.42 Å². The van der Waals surface area contributed by atoms with Gasteiger partial charge in [0.2, 0.25) is 5.75 Å². The molecule has 1 aromatic rings. The smallest absolute Gasteiger partial charge is 0.203 e. The van der Waals surface area contributed by atoms with Crippen molar-refractivity contribution < 1.29 is 14.2 Å². The lowest BCUT2D eigenvalue weighted by Crippen LogP contribution is -2.30. The number of rotatable bonds is 5. The lowest BCUT2D eigenvalue weighted by molar-refractivity contribution is 0.324. The molecule has 1 aliphatic heterocycles. The Morgan fingerprint density at radius 2 is 1.71 bits per heavy atom.